The zero-order valence-electron chi connectivity index (χ0n) is 5.12. The minimum Gasteiger partial charge on any atom is -0.323 e. The molecule has 0 fully saturated rings. The molecule has 0 spiro atoms. The van der Waals surface area contributed by atoms with Crippen molar-refractivity contribution in [2.24, 2.45) is 5.73 Å². The highest BCUT2D eigenvalue weighted by Crippen LogP contribution is 2.16. The van der Waals surface area contributed by atoms with Crippen LogP contribution in [0.5, 0.6) is 0 Å². The Kier molecular flexibility index (Phi) is 2.34. The van der Waals surface area contributed by atoms with E-state index in [1.165, 1.54) is 0 Å². The minimum absolute atomic E-state index is 0.323. The van der Waals surface area contributed by atoms with E-state index in [1.54, 1.807) is 6.92 Å². The summed E-state index contributed by atoms with van der Waals surface area (Å²) in [6.45, 7) is 2.48. The molecule has 0 saturated carbocycles. The third-order valence-corrected chi connectivity index (χ3v) is 1.09. The van der Waals surface area contributed by atoms with Gasteiger partial charge in [-0.2, -0.15) is 0 Å². The molecular formula is C5H11F2N. The molecule has 3 heteroatoms. The van der Waals surface area contributed by atoms with Crippen molar-refractivity contribution >= 4 is 0 Å². The third-order valence-electron chi connectivity index (χ3n) is 1.09. The molecule has 0 amide bonds. The molecule has 0 rings (SSSR count). The fraction of sp³-hybridized carbons (Fsp3) is 1.00. The van der Waals surface area contributed by atoms with Gasteiger partial charge < -0.3 is 5.73 Å². The van der Waals surface area contributed by atoms with Gasteiger partial charge in [0.15, 0.2) is 0 Å². The Morgan fingerprint density at radius 3 is 2.00 bits per heavy atom. The maximum atomic E-state index is 12.0. The summed E-state index contributed by atoms with van der Waals surface area (Å²) in [4.78, 5) is 0. The van der Waals surface area contributed by atoms with Crippen molar-refractivity contribution in [2.75, 3.05) is 0 Å². The van der Waals surface area contributed by atoms with Gasteiger partial charge in [0.25, 0.3) is 5.92 Å². The smallest absolute Gasteiger partial charge is 0.260 e. The van der Waals surface area contributed by atoms with Crippen molar-refractivity contribution < 1.29 is 8.78 Å². The lowest BCUT2D eigenvalue weighted by Crippen LogP contribution is -2.37. The average Bonchev–Trinajstić information content (AvgIpc) is 1.62. The van der Waals surface area contributed by atoms with E-state index < -0.39 is 12.0 Å². The fourth-order valence-corrected chi connectivity index (χ4v) is 0.358. The molecular weight excluding hydrogens is 112 g/mol. The van der Waals surface area contributed by atoms with Gasteiger partial charge in [-0.25, -0.2) is 8.78 Å². The Bertz CT molecular complexity index is 67.3. The van der Waals surface area contributed by atoms with Crippen molar-refractivity contribution in [3.8, 4) is 0 Å². The summed E-state index contributed by atoms with van der Waals surface area (Å²) in [7, 11) is 0. The van der Waals surface area contributed by atoms with Crippen molar-refractivity contribution in [2.45, 2.75) is 32.2 Å². The van der Waals surface area contributed by atoms with Crippen LogP contribution in [-0.2, 0) is 0 Å². The number of halogens is 2. The average molecular weight is 123 g/mol. The molecule has 0 heterocycles. The predicted molar refractivity (Wildman–Crippen MR) is 28.9 cm³/mol. The molecule has 0 aliphatic rings. The first-order chi connectivity index (χ1) is 3.48. The second-order valence-electron chi connectivity index (χ2n) is 1.97. The number of hydrogen-bond acceptors (Lipinski definition) is 1. The molecule has 0 saturated heterocycles. The van der Waals surface area contributed by atoms with Crippen molar-refractivity contribution in [3.63, 3.8) is 0 Å². The van der Waals surface area contributed by atoms with Gasteiger partial charge in [-0.05, 0) is 6.42 Å². The molecule has 8 heavy (non-hydrogen) atoms. The Hall–Kier alpha value is -0.180. The number of nitrogens with two attached hydrogens (primary N) is 1. The van der Waals surface area contributed by atoms with Crippen LogP contribution in [0.1, 0.15) is 20.3 Å². The van der Waals surface area contributed by atoms with Gasteiger partial charge in [0.05, 0.1) is 6.04 Å². The van der Waals surface area contributed by atoms with Crippen molar-refractivity contribution in [3.05, 3.63) is 0 Å². The molecule has 0 aromatic heterocycles. The van der Waals surface area contributed by atoms with Gasteiger partial charge in [-0.15, -0.1) is 0 Å². The largest absolute Gasteiger partial charge is 0.323 e. The van der Waals surface area contributed by atoms with Crippen LogP contribution in [0.15, 0.2) is 0 Å². The molecule has 0 aromatic carbocycles. The molecule has 0 radical (unpaired) electrons. The summed E-state index contributed by atoms with van der Waals surface area (Å²) in [6.07, 6.45) is 0.323. The lowest BCUT2D eigenvalue weighted by atomic mass is 10.1. The van der Waals surface area contributed by atoms with Gasteiger partial charge in [0.1, 0.15) is 0 Å². The zero-order chi connectivity index (χ0) is 6.78. The Morgan fingerprint density at radius 2 is 2.00 bits per heavy atom. The van der Waals surface area contributed by atoms with E-state index in [0.717, 1.165) is 6.92 Å². The van der Waals surface area contributed by atoms with E-state index in [0.29, 0.717) is 6.42 Å². The molecule has 2 N–H and O–H groups in total. The van der Waals surface area contributed by atoms with Gasteiger partial charge in [-0.1, -0.05) is 6.92 Å². The first-order valence-corrected chi connectivity index (χ1v) is 2.62. The van der Waals surface area contributed by atoms with Crippen LogP contribution in [0.3, 0.4) is 0 Å². The first-order valence-electron chi connectivity index (χ1n) is 2.62. The first kappa shape index (κ1) is 7.82. The van der Waals surface area contributed by atoms with E-state index in [1.807, 2.05) is 0 Å². The summed E-state index contributed by atoms with van der Waals surface area (Å²) in [5, 5.41) is 0. The Labute approximate surface area is 47.9 Å². The van der Waals surface area contributed by atoms with E-state index in [4.69, 9.17) is 5.73 Å². The second-order valence-corrected chi connectivity index (χ2v) is 1.97. The molecule has 50 valence electrons. The highest BCUT2D eigenvalue weighted by Gasteiger charge is 2.28. The van der Waals surface area contributed by atoms with Crippen LogP contribution < -0.4 is 5.73 Å². The maximum absolute atomic E-state index is 12.0. The molecule has 0 bridgehead atoms. The van der Waals surface area contributed by atoms with E-state index in [-0.39, 0.29) is 0 Å². The lowest BCUT2D eigenvalue weighted by molar-refractivity contribution is -0.00631. The topological polar surface area (TPSA) is 26.0 Å². The van der Waals surface area contributed by atoms with Crippen LogP contribution in [0.25, 0.3) is 0 Å². The van der Waals surface area contributed by atoms with Gasteiger partial charge in [0.2, 0.25) is 0 Å². The molecule has 0 aromatic rings. The second kappa shape index (κ2) is 2.40. The summed E-state index contributed by atoms with van der Waals surface area (Å²) in [6, 6.07) is -0.984. The monoisotopic (exact) mass is 123 g/mol. The number of hydrogen-bond donors (Lipinski definition) is 1. The Morgan fingerprint density at radius 1 is 1.62 bits per heavy atom. The van der Waals surface area contributed by atoms with Gasteiger partial charge in [0, 0.05) is 6.92 Å². The maximum Gasteiger partial charge on any atom is 0.260 e. The third kappa shape index (κ3) is 2.21. The van der Waals surface area contributed by atoms with Crippen LogP contribution in [0, 0.1) is 0 Å². The van der Waals surface area contributed by atoms with E-state index in [9.17, 15) is 8.78 Å². The predicted octanol–water partition coefficient (Wildman–Crippen LogP) is 1.38. The quantitative estimate of drug-likeness (QED) is 0.589. The SMILES string of the molecule is CCC(N)C(C)(F)F. The molecule has 0 aliphatic carbocycles. The normalized spacial score (nSPS) is 16.1. The highest BCUT2D eigenvalue weighted by atomic mass is 19.3. The van der Waals surface area contributed by atoms with Gasteiger partial charge in [-0.3, -0.25) is 0 Å². The number of alkyl halides is 2. The Balaban J connectivity index is 3.62. The molecule has 1 atom stereocenters. The molecule has 0 aliphatic heterocycles. The van der Waals surface area contributed by atoms with Gasteiger partial charge >= 0.3 is 0 Å². The zero-order valence-corrected chi connectivity index (χ0v) is 5.12. The molecule has 1 nitrogen and oxygen atoms in total. The molecule has 1 unspecified atom stereocenters. The van der Waals surface area contributed by atoms with Crippen molar-refractivity contribution in [1.29, 1.82) is 0 Å². The summed E-state index contributed by atoms with van der Waals surface area (Å²) >= 11 is 0. The minimum atomic E-state index is -2.71. The summed E-state index contributed by atoms with van der Waals surface area (Å²) in [5.41, 5.74) is 5.00. The van der Waals surface area contributed by atoms with Crippen molar-refractivity contribution in [1.82, 2.24) is 0 Å². The van der Waals surface area contributed by atoms with Crippen LogP contribution in [0.4, 0.5) is 8.78 Å². The summed E-state index contributed by atoms with van der Waals surface area (Å²) < 4.78 is 24.0. The summed E-state index contributed by atoms with van der Waals surface area (Å²) in [5.74, 6) is -2.71. The van der Waals surface area contributed by atoms with E-state index >= 15 is 0 Å². The number of rotatable bonds is 2. The fourth-order valence-electron chi connectivity index (χ4n) is 0.358. The van der Waals surface area contributed by atoms with Crippen LogP contribution in [-0.4, -0.2) is 12.0 Å². The highest BCUT2D eigenvalue weighted by molar-refractivity contribution is 4.72. The van der Waals surface area contributed by atoms with E-state index in [2.05, 4.69) is 0 Å². The lowest BCUT2D eigenvalue weighted by Gasteiger charge is -2.16. The standard InChI is InChI=1S/C5H11F2N/c1-3-4(8)5(2,6)7/h4H,3,8H2,1-2H3. The van der Waals surface area contributed by atoms with Crippen LogP contribution >= 0.6 is 0 Å². The van der Waals surface area contributed by atoms with Crippen LogP contribution in [0.2, 0.25) is 0 Å².